The summed E-state index contributed by atoms with van der Waals surface area (Å²) in [6, 6.07) is 6.93. The molecule has 0 saturated carbocycles. The summed E-state index contributed by atoms with van der Waals surface area (Å²) in [5, 5.41) is 0. The zero-order valence-electron chi connectivity index (χ0n) is 15.4. The molecule has 0 unspecified atom stereocenters. The van der Waals surface area contributed by atoms with E-state index in [0.717, 1.165) is 31.5 Å². The average Bonchev–Trinajstić information content (AvgIpc) is 2.67. The molecule has 1 aromatic carbocycles. The molecular weight excluding hydrogens is 352 g/mol. The fourth-order valence-electron chi connectivity index (χ4n) is 3.43. The molecule has 2 aliphatic rings. The highest BCUT2D eigenvalue weighted by Crippen LogP contribution is 2.20. The van der Waals surface area contributed by atoms with Gasteiger partial charge in [0.2, 0.25) is 15.9 Å². The number of nitrogens with zero attached hydrogens (tertiary/aromatic N) is 2. The number of benzene rings is 1. The summed E-state index contributed by atoms with van der Waals surface area (Å²) in [5.41, 5.74) is 0.990. The highest BCUT2D eigenvalue weighted by molar-refractivity contribution is 7.89. The first-order valence-electron chi connectivity index (χ1n) is 9.41. The smallest absolute Gasteiger partial charge is 0.243 e. The number of sulfonamides is 1. The van der Waals surface area contributed by atoms with Crippen LogP contribution in [0.4, 0.5) is 0 Å². The number of carbonyl (C=O) groups is 1. The predicted molar refractivity (Wildman–Crippen MR) is 99.3 cm³/mol. The molecule has 0 bridgehead atoms. The zero-order chi connectivity index (χ0) is 18.6. The molecule has 2 saturated heterocycles. The van der Waals surface area contributed by atoms with Crippen LogP contribution in [0, 0.1) is 5.92 Å². The summed E-state index contributed by atoms with van der Waals surface area (Å²) in [6.45, 7) is 5.62. The topological polar surface area (TPSA) is 66.9 Å². The van der Waals surface area contributed by atoms with Gasteiger partial charge in [0.1, 0.15) is 0 Å². The lowest BCUT2D eigenvalue weighted by Gasteiger charge is -2.30. The number of piperidine rings is 1. The SMILES string of the molecule is CC1CCN(C(=O)CCc2ccc(S(=O)(=O)N3CCOCC3)cc2)CC1. The van der Waals surface area contributed by atoms with Crippen LogP contribution in [0.1, 0.15) is 31.7 Å². The van der Waals surface area contributed by atoms with E-state index >= 15 is 0 Å². The van der Waals surface area contributed by atoms with Gasteiger partial charge in [-0.05, 0) is 42.9 Å². The first-order valence-corrected chi connectivity index (χ1v) is 10.9. The second-order valence-corrected chi connectivity index (χ2v) is 9.16. The van der Waals surface area contributed by atoms with Crippen molar-refractivity contribution in [3.8, 4) is 0 Å². The summed E-state index contributed by atoms with van der Waals surface area (Å²) in [5.74, 6) is 0.905. The van der Waals surface area contributed by atoms with Gasteiger partial charge in [-0.1, -0.05) is 19.1 Å². The highest BCUT2D eigenvalue weighted by atomic mass is 32.2. The van der Waals surface area contributed by atoms with Gasteiger partial charge in [-0.15, -0.1) is 0 Å². The van der Waals surface area contributed by atoms with Gasteiger partial charge in [-0.2, -0.15) is 4.31 Å². The van der Waals surface area contributed by atoms with Crippen molar-refractivity contribution in [1.29, 1.82) is 0 Å². The summed E-state index contributed by atoms with van der Waals surface area (Å²) in [4.78, 5) is 14.6. The Bertz CT molecular complexity index is 704. The van der Waals surface area contributed by atoms with Crippen molar-refractivity contribution in [2.45, 2.75) is 37.5 Å². The summed E-state index contributed by atoms with van der Waals surface area (Å²) < 4.78 is 31.9. The van der Waals surface area contributed by atoms with Crippen LogP contribution in [0.3, 0.4) is 0 Å². The molecule has 0 atom stereocenters. The molecule has 1 amide bonds. The minimum absolute atomic E-state index is 0.196. The van der Waals surface area contributed by atoms with Gasteiger partial charge in [-0.25, -0.2) is 8.42 Å². The van der Waals surface area contributed by atoms with Gasteiger partial charge in [-0.3, -0.25) is 4.79 Å². The molecule has 0 aliphatic carbocycles. The first-order chi connectivity index (χ1) is 12.5. The van der Waals surface area contributed by atoms with Gasteiger partial charge < -0.3 is 9.64 Å². The lowest BCUT2D eigenvalue weighted by atomic mass is 9.98. The molecule has 2 aliphatic heterocycles. The van der Waals surface area contributed by atoms with Crippen LogP contribution in [0.2, 0.25) is 0 Å². The molecule has 2 fully saturated rings. The van der Waals surface area contributed by atoms with Crippen LogP contribution in [-0.2, 0) is 26.0 Å². The Hall–Kier alpha value is -1.44. The fourth-order valence-corrected chi connectivity index (χ4v) is 4.84. The maximum Gasteiger partial charge on any atom is 0.243 e. The Morgan fingerprint density at radius 2 is 1.69 bits per heavy atom. The Kier molecular flexibility index (Phi) is 6.32. The molecule has 1 aromatic rings. The van der Waals surface area contributed by atoms with E-state index in [2.05, 4.69) is 6.92 Å². The molecule has 0 aromatic heterocycles. The number of hydrogen-bond donors (Lipinski definition) is 0. The largest absolute Gasteiger partial charge is 0.379 e. The lowest BCUT2D eigenvalue weighted by molar-refractivity contribution is -0.132. The van der Waals surface area contributed by atoms with Crippen molar-refractivity contribution in [3.05, 3.63) is 29.8 Å². The van der Waals surface area contributed by atoms with Crippen LogP contribution in [0.15, 0.2) is 29.2 Å². The summed E-state index contributed by atoms with van der Waals surface area (Å²) >= 11 is 0. The minimum atomic E-state index is -3.45. The van der Waals surface area contributed by atoms with Crippen molar-refractivity contribution in [1.82, 2.24) is 9.21 Å². The average molecular weight is 381 g/mol. The van der Waals surface area contributed by atoms with E-state index in [1.54, 1.807) is 12.1 Å². The van der Waals surface area contributed by atoms with Gasteiger partial charge in [0, 0.05) is 32.6 Å². The number of aryl methyl sites for hydroxylation is 1. The van der Waals surface area contributed by atoms with Crippen molar-refractivity contribution < 1.29 is 17.9 Å². The number of amides is 1. The molecule has 0 radical (unpaired) electrons. The van der Waals surface area contributed by atoms with Crippen molar-refractivity contribution in [2.24, 2.45) is 5.92 Å². The van der Waals surface area contributed by atoms with E-state index in [4.69, 9.17) is 4.74 Å². The number of hydrogen-bond acceptors (Lipinski definition) is 4. The number of ether oxygens (including phenoxy) is 1. The normalized spacial score (nSPS) is 20.3. The van der Waals surface area contributed by atoms with Crippen molar-refractivity contribution >= 4 is 15.9 Å². The number of carbonyl (C=O) groups excluding carboxylic acids is 1. The molecule has 7 heteroatoms. The minimum Gasteiger partial charge on any atom is -0.379 e. The standard InChI is InChI=1S/C19H28N2O4S/c1-16-8-10-20(11-9-16)19(22)7-4-17-2-5-18(6-3-17)26(23,24)21-12-14-25-15-13-21/h2-3,5-6,16H,4,7-15H2,1H3. The Labute approximate surface area is 156 Å². The van der Waals surface area contributed by atoms with E-state index in [1.807, 2.05) is 17.0 Å². The Morgan fingerprint density at radius 1 is 1.08 bits per heavy atom. The summed E-state index contributed by atoms with van der Waals surface area (Å²) in [7, 11) is -3.45. The first kappa shape index (κ1) is 19.3. The maximum atomic E-state index is 12.6. The Balaban J connectivity index is 1.55. The molecule has 0 N–H and O–H groups in total. The van der Waals surface area contributed by atoms with E-state index in [0.29, 0.717) is 50.0 Å². The van der Waals surface area contributed by atoms with Crippen LogP contribution >= 0.6 is 0 Å². The maximum absolute atomic E-state index is 12.6. The third-order valence-electron chi connectivity index (χ3n) is 5.30. The van der Waals surface area contributed by atoms with Crippen LogP contribution in [-0.4, -0.2) is 62.9 Å². The molecule has 2 heterocycles. The molecular formula is C19H28N2O4S. The zero-order valence-corrected chi connectivity index (χ0v) is 16.2. The number of morpholine rings is 1. The number of rotatable bonds is 5. The highest BCUT2D eigenvalue weighted by Gasteiger charge is 2.26. The summed E-state index contributed by atoms with van der Waals surface area (Å²) in [6.07, 6.45) is 3.28. The quantitative estimate of drug-likeness (QED) is 0.782. The van der Waals surface area contributed by atoms with Gasteiger partial charge >= 0.3 is 0 Å². The van der Waals surface area contributed by atoms with E-state index in [1.165, 1.54) is 4.31 Å². The molecule has 0 spiro atoms. The molecule has 26 heavy (non-hydrogen) atoms. The van der Waals surface area contributed by atoms with E-state index in [9.17, 15) is 13.2 Å². The third kappa shape index (κ3) is 4.64. The van der Waals surface area contributed by atoms with Crippen molar-refractivity contribution in [3.63, 3.8) is 0 Å². The third-order valence-corrected chi connectivity index (χ3v) is 7.21. The fraction of sp³-hybridized carbons (Fsp3) is 0.632. The van der Waals surface area contributed by atoms with Crippen LogP contribution in [0.5, 0.6) is 0 Å². The second kappa shape index (κ2) is 8.50. The Morgan fingerprint density at radius 3 is 2.31 bits per heavy atom. The second-order valence-electron chi connectivity index (χ2n) is 7.22. The van der Waals surface area contributed by atoms with Crippen LogP contribution in [0.25, 0.3) is 0 Å². The predicted octanol–water partition coefficient (Wildman–Crippen LogP) is 1.90. The van der Waals surface area contributed by atoms with Crippen LogP contribution < -0.4 is 0 Å². The molecule has 144 valence electrons. The number of likely N-dealkylation sites (tertiary alicyclic amines) is 1. The van der Waals surface area contributed by atoms with Crippen molar-refractivity contribution in [2.75, 3.05) is 39.4 Å². The van der Waals surface area contributed by atoms with Gasteiger partial charge in [0.15, 0.2) is 0 Å². The van der Waals surface area contributed by atoms with Gasteiger partial charge in [0.05, 0.1) is 18.1 Å². The molecule has 3 rings (SSSR count). The van der Waals surface area contributed by atoms with E-state index in [-0.39, 0.29) is 5.91 Å². The molecule has 6 nitrogen and oxygen atoms in total. The van der Waals surface area contributed by atoms with E-state index < -0.39 is 10.0 Å². The van der Waals surface area contributed by atoms with Gasteiger partial charge in [0.25, 0.3) is 0 Å². The lowest BCUT2D eigenvalue weighted by Crippen LogP contribution is -2.40. The monoisotopic (exact) mass is 380 g/mol.